The number of hydrogen-bond acceptors (Lipinski definition) is 2. The van der Waals surface area contributed by atoms with Gasteiger partial charge < -0.3 is 10.2 Å². The molecule has 1 rings (SSSR count). The Hall–Kier alpha value is -0.0800. The van der Waals surface area contributed by atoms with E-state index >= 15 is 0 Å². The van der Waals surface area contributed by atoms with Crippen LogP contribution in [0.2, 0.25) is 0 Å². The van der Waals surface area contributed by atoms with Gasteiger partial charge in [0.15, 0.2) is 0 Å². The molecule has 1 aliphatic rings. The zero-order valence-electron chi connectivity index (χ0n) is 11.5. The standard InChI is InChI=1S/C14H30N2/c1-4-14(15-5-2)7-6-10-16-11-8-13(3)9-12-16/h13-15H,4-12H2,1-3H3. The summed E-state index contributed by atoms with van der Waals surface area (Å²) < 4.78 is 0. The van der Waals surface area contributed by atoms with Crippen LogP contribution in [0.5, 0.6) is 0 Å². The summed E-state index contributed by atoms with van der Waals surface area (Å²) in [5.41, 5.74) is 0. The van der Waals surface area contributed by atoms with Crippen molar-refractivity contribution >= 4 is 0 Å². The molecule has 0 aromatic carbocycles. The fraction of sp³-hybridized carbons (Fsp3) is 1.00. The van der Waals surface area contributed by atoms with Crippen molar-refractivity contribution in [1.29, 1.82) is 0 Å². The van der Waals surface area contributed by atoms with Crippen LogP contribution in [0.1, 0.15) is 52.9 Å². The van der Waals surface area contributed by atoms with E-state index in [4.69, 9.17) is 0 Å². The largest absolute Gasteiger partial charge is 0.314 e. The van der Waals surface area contributed by atoms with Crippen LogP contribution in [-0.2, 0) is 0 Å². The van der Waals surface area contributed by atoms with E-state index in [1.165, 1.54) is 51.7 Å². The molecule has 1 aliphatic heterocycles. The molecule has 0 spiro atoms. The molecule has 1 unspecified atom stereocenters. The number of likely N-dealkylation sites (tertiary alicyclic amines) is 1. The molecule has 16 heavy (non-hydrogen) atoms. The van der Waals surface area contributed by atoms with Gasteiger partial charge in [-0.2, -0.15) is 0 Å². The van der Waals surface area contributed by atoms with E-state index < -0.39 is 0 Å². The molecule has 0 bridgehead atoms. The van der Waals surface area contributed by atoms with Crippen molar-refractivity contribution in [2.75, 3.05) is 26.2 Å². The zero-order chi connectivity index (χ0) is 11.8. The number of nitrogens with one attached hydrogen (secondary N) is 1. The third kappa shape index (κ3) is 5.31. The van der Waals surface area contributed by atoms with Gasteiger partial charge in [0.05, 0.1) is 0 Å². The van der Waals surface area contributed by atoms with E-state index in [0.717, 1.165) is 18.5 Å². The maximum atomic E-state index is 3.56. The number of hydrogen-bond donors (Lipinski definition) is 1. The van der Waals surface area contributed by atoms with Crippen LogP contribution in [0.25, 0.3) is 0 Å². The fourth-order valence-electron chi connectivity index (χ4n) is 2.59. The lowest BCUT2D eigenvalue weighted by atomic mass is 9.99. The van der Waals surface area contributed by atoms with Gasteiger partial charge in [-0.3, -0.25) is 0 Å². The average molecular weight is 226 g/mol. The van der Waals surface area contributed by atoms with Crippen molar-refractivity contribution in [1.82, 2.24) is 10.2 Å². The summed E-state index contributed by atoms with van der Waals surface area (Å²) in [6.07, 6.45) is 6.79. The lowest BCUT2D eigenvalue weighted by molar-refractivity contribution is 0.187. The van der Waals surface area contributed by atoms with Gasteiger partial charge in [0.2, 0.25) is 0 Å². The molecule has 0 aromatic heterocycles. The molecular formula is C14H30N2. The second-order valence-corrected chi connectivity index (χ2v) is 5.33. The number of nitrogens with zero attached hydrogens (tertiary/aromatic N) is 1. The van der Waals surface area contributed by atoms with Gasteiger partial charge in [0.1, 0.15) is 0 Å². The van der Waals surface area contributed by atoms with Gasteiger partial charge in [-0.25, -0.2) is 0 Å². The van der Waals surface area contributed by atoms with E-state index in [-0.39, 0.29) is 0 Å². The van der Waals surface area contributed by atoms with Crippen LogP contribution < -0.4 is 5.32 Å². The number of rotatable bonds is 7. The predicted octanol–water partition coefficient (Wildman–Crippen LogP) is 2.89. The Bertz CT molecular complexity index is 162. The van der Waals surface area contributed by atoms with Crippen molar-refractivity contribution in [2.24, 2.45) is 5.92 Å². The Kier molecular flexibility index (Phi) is 7.06. The maximum Gasteiger partial charge on any atom is 0.00647 e. The molecule has 96 valence electrons. The van der Waals surface area contributed by atoms with Crippen molar-refractivity contribution in [3.05, 3.63) is 0 Å². The Morgan fingerprint density at radius 1 is 1.25 bits per heavy atom. The van der Waals surface area contributed by atoms with Gasteiger partial charge in [-0.1, -0.05) is 20.8 Å². The Balaban J connectivity index is 2.05. The van der Waals surface area contributed by atoms with Crippen molar-refractivity contribution in [3.8, 4) is 0 Å². The second-order valence-electron chi connectivity index (χ2n) is 5.33. The van der Waals surface area contributed by atoms with Gasteiger partial charge in [0.25, 0.3) is 0 Å². The molecule has 0 radical (unpaired) electrons. The molecule has 0 aliphatic carbocycles. The first-order valence-corrected chi connectivity index (χ1v) is 7.22. The van der Waals surface area contributed by atoms with Crippen molar-refractivity contribution < 1.29 is 0 Å². The van der Waals surface area contributed by atoms with Crippen LogP contribution in [0.15, 0.2) is 0 Å². The second kappa shape index (κ2) is 8.08. The molecule has 1 saturated heterocycles. The number of piperidine rings is 1. The quantitative estimate of drug-likeness (QED) is 0.718. The highest BCUT2D eigenvalue weighted by Gasteiger charge is 2.15. The van der Waals surface area contributed by atoms with Gasteiger partial charge in [0, 0.05) is 6.04 Å². The summed E-state index contributed by atoms with van der Waals surface area (Å²) in [4.78, 5) is 2.65. The summed E-state index contributed by atoms with van der Waals surface area (Å²) in [5, 5.41) is 3.56. The third-order valence-corrected chi connectivity index (χ3v) is 3.89. The zero-order valence-corrected chi connectivity index (χ0v) is 11.5. The minimum atomic E-state index is 0.744. The van der Waals surface area contributed by atoms with Gasteiger partial charge in [-0.05, 0) is 64.2 Å². The van der Waals surface area contributed by atoms with Crippen LogP contribution in [-0.4, -0.2) is 37.1 Å². The SMILES string of the molecule is CCNC(CC)CCCN1CCC(C)CC1. The Labute approximate surface area is 102 Å². The Morgan fingerprint density at radius 2 is 1.94 bits per heavy atom. The van der Waals surface area contributed by atoms with Crippen LogP contribution >= 0.6 is 0 Å². The maximum absolute atomic E-state index is 3.56. The molecule has 1 heterocycles. The lowest BCUT2D eigenvalue weighted by Crippen LogP contribution is -2.35. The molecule has 0 aromatic rings. The third-order valence-electron chi connectivity index (χ3n) is 3.89. The molecule has 0 amide bonds. The topological polar surface area (TPSA) is 15.3 Å². The molecule has 2 heteroatoms. The van der Waals surface area contributed by atoms with Gasteiger partial charge in [-0.15, -0.1) is 0 Å². The molecule has 1 fully saturated rings. The highest BCUT2D eigenvalue weighted by atomic mass is 15.1. The minimum Gasteiger partial charge on any atom is -0.314 e. The van der Waals surface area contributed by atoms with Crippen LogP contribution in [0, 0.1) is 5.92 Å². The summed E-state index contributed by atoms with van der Waals surface area (Å²) in [5.74, 6) is 0.960. The Morgan fingerprint density at radius 3 is 2.50 bits per heavy atom. The first-order chi connectivity index (χ1) is 7.76. The van der Waals surface area contributed by atoms with Crippen molar-refractivity contribution in [2.45, 2.75) is 58.9 Å². The molecule has 1 N–H and O–H groups in total. The summed E-state index contributed by atoms with van der Waals surface area (Å²) in [7, 11) is 0. The van der Waals surface area contributed by atoms with Crippen LogP contribution in [0.3, 0.4) is 0 Å². The molecule has 1 atom stereocenters. The van der Waals surface area contributed by atoms with E-state index in [1.807, 2.05) is 0 Å². The van der Waals surface area contributed by atoms with Crippen molar-refractivity contribution in [3.63, 3.8) is 0 Å². The summed E-state index contributed by atoms with van der Waals surface area (Å²) >= 11 is 0. The van der Waals surface area contributed by atoms with E-state index in [0.29, 0.717) is 0 Å². The van der Waals surface area contributed by atoms with Gasteiger partial charge >= 0.3 is 0 Å². The molecular weight excluding hydrogens is 196 g/mol. The van der Waals surface area contributed by atoms with E-state index in [9.17, 15) is 0 Å². The normalized spacial score (nSPS) is 21.2. The average Bonchev–Trinajstić information content (AvgIpc) is 2.30. The lowest BCUT2D eigenvalue weighted by Gasteiger charge is -2.30. The summed E-state index contributed by atoms with van der Waals surface area (Å²) in [6, 6.07) is 0.744. The molecule has 2 nitrogen and oxygen atoms in total. The predicted molar refractivity (Wildman–Crippen MR) is 71.8 cm³/mol. The van der Waals surface area contributed by atoms with E-state index in [2.05, 4.69) is 31.0 Å². The minimum absolute atomic E-state index is 0.744. The molecule has 0 saturated carbocycles. The van der Waals surface area contributed by atoms with E-state index in [1.54, 1.807) is 0 Å². The first-order valence-electron chi connectivity index (χ1n) is 7.22. The fourth-order valence-corrected chi connectivity index (χ4v) is 2.59. The first kappa shape index (κ1) is 14.0. The highest BCUT2D eigenvalue weighted by molar-refractivity contribution is 4.71. The smallest absolute Gasteiger partial charge is 0.00647 e. The monoisotopic (exact) mass is 226 g/mol. The van der Waals surface area contributed by atoms with Crippen LogP contribution in [0.4, 0.5) is 0 Å². The summed E-state index contributed by atoms with van der Waals surface area (Å²) in [6.45, 7) is 12.0. The highest BCUT2D eigenvalue weighted by Crippen LogP contribution is 2.16.